The maximum Gasteiger partial charge on any atom is 0.337 e. The van der Waals surface area contributed by atoms with Crippen molar-refractivity contribution in [3.63, 3.8) is 0 Å². The highest BCUT2D eigenvalue weighted by molar-refractivity contribution is 6.33. The van der Waals surface area contributed by atoms with Gasteiger partial charge in [-0.3, -0.25) is 0 Å². The predicted octanol–water partition coefficient (Wildman–Crippen LogP) is 3.18. The standard InChI is InChI=1S/C15H21ClN2O2/c1-2-18-7-5-11(6-8-18)10-17-12-3-4-13(15(19)20)14(16)9-12/h3-4,9,11,17H,2,5-8,10H2,1H3,(H,19,20). The number of halogens is 1. The lowest BCUT2D eigenvalue weighted by molar-refractivity contribution is 0.0697. The summed E-state index contributed by atoms with van der Waals surface area (Å²) in [6, 6.07) is 5.01. The number of hydrogen-bond acceptors (Lipinski definition) is 3. The van der Waals surface area contributed by atoms with Gasteiger partial charge in [-0.15, -0.1) is 0 Å². The van der Waals surface area contributed by atoms with E-state index in [-0.39, 0.29) is 10.6 Å². The van der Waals surface area contributed by atoms with Crippen LogP contribution in [0.3, 0.4) is 0 Å². The Morgan fingerprint density at radius 2 is 2.15 bits per heavy atom. The Balaban J connectivity index is 1.85. The lowest BCUT2D eigenvalue weighted by atomic mass is 9.97. The van der Waals surface area contributed by atoms with Gasteiger partial charge >= 0.3 is 5.97 Å². The number of nitrogens with one attached hydrogen (secondary N) is 1. The SMILES string of the molecule is CCN1CCC(CNc2ccc(C(=O)O)c(Cl)c2)CC1. The molecule has 1 heterocycles. The molecule has 2 N–H and O–H groups in total. The molecule has 20 heavy (non-hydrogen) atoms. The summed E-state index contributed by atoms with van der Waals surface area (Å²) in [6.45, 7) is 6.58. The fourth-order valence-electron chi connectivity index (χ4n) is 2.57. The van der Waals surface area contributed by atoms with E-state index in [1.165, 1.54) is 25.9 Å². The van der Waals surface area contributed by atoms with Gasteiger partial charge in [0.25, 0.3) is 0 Å². The topological polar surface area (TPSA) is 52.6 Å². The fraction of sp³-hybridized carbons (Fsp3) is 0.533. The van der Waals surface area contributed by atoms with Gasteiger partial charge < -0.3 is 15.3 Å². The summed E-state index contributed by atoms with van der Waals surface area (Å²) in [6.07, 6.45) is 2.42. The first-order valence-electron chi connectivity index (χ1n) is 7.09. The Morgan fingerprint density at radius 1 is 1.45 bits per heavy atom. The molecule has 2 rings (SSSR count). The van der Waals surface area contributed by atoms with Crippen molar-refractivity contribution in [2.45, 2.75) is 19.8 Å². The molecule has 0 atom stereocenters. The van der Waals surface area contributed by atoms with Gasteiger partial charge in [-0.25, -0.2) is 4.79 Å². The normalized spacial score (nSPS) is 17.1. The number of aromatic carboxylic acids is 1. The van der Waals surface area contributed by atoms with Crippen LogP contribution in [0, 0.1) is 5.92 Å². The summed E-state index contributed by atoms with van der Waals surface area (Å²) < 4.78 is 0. The van der Waals surface area contributed by atoms with Crippen molar-refractivity contribution >= 4 is 23.3 Å². The number of likely N-dealkylation sites (tertiary alicyclic amines) is 1. The summed E-state index contributed by atoms with van der Waals surface area (Å²) >= 11 is 5.96. The Kier molecular flexibility index (Phi) is 5.26. The van der Waals surface area contributed by atoms with Crippen LogP contribution in [0.1, 0.15) is 30.1 Å². The summed E-state index contributed by atoms with van der Waals surface area (Å²) in [5.74, 6) is -0.316. The number of piperidine rings is 1. The molecule has 5 heteroatoms. The van der Waals surface area contributed by atoms with Crippen LogP contribution in [0.15, 0.2) is 18.2 Å². The molecule has 0 radical (unpaired) electrons. The molecule has 1 aliphatic rings. The Bertz CT molecular complexity index is 471. The number of anilines is 1. The molecule has 0 bridgehead atoms. The molecule has 0 aromatic heterocycles. The van der Waals surface area contributed by atoms with E-state index in [1.54, 1.807) is 18.2 Å². The molecule has 1 saturated heterocycles. The molecule has 1 aromatic rings. The first-order chi connectivity index (χ1) is 9.60. The van der Waals surface area contributed by atoms with Crippen LogP contribution >= 0.6 is 11.6 Å². The maximum absolute atomic E-state index is 10.9. The maximum atomic E-state index is 10.9. The molecule has 0 saturated carbocycles. The zero-order valence-corrected chi connectivity index (χ0v) is 12.5. The van der Waals surface area contributed by atoms with Crippen molar-refractivity contribution in [2.24, 2.45) is 5.92 Å². The molecule has 4 nitrogen and oxygen atoms in total. The van der Waals surface area contributed by atoms with E-state index >= 15 is 0 Å². The minimum absolute atomic E-state index is 0.147. The molecule has 110 valence electrons. The zero-order valence-electron chi connectivity index (χ0n) is 11.7. The van der Waals surface area contributed by atoms with Crippen molar-refractivity contribution in [2.75, 3.05) is 31.5 Å². The third-order valence-electron chi connectivity index (χ3n) is 3.95. The number of carboxylic acids is 1. The lowest BCUT2D eigenvalue weighted by Gasteiger charge is -2.31. The van der Waals surface area contributed by atoms with E-state index < -0.39 is 5.97 Å². The van der Waals surface area contributed by atoms with E-state index in [0.717, 1.165) is 18.8 Å². The van der Waals surface area contributed by atoms with Gasteiger partial charge in [0.15, 0.2) is 0 Å². The minimum atomic E-state index is -0.992. The summed E-state index contributed by atoms with van der Waals surface area (Å²) in [5.41, 5.74) is 1.03. The van der Waals surface area contributed by atoms with Gasteiger partial charge in [0.1, 0.15) is 0 Å². The second-order valence-corrected chi connectivity index (χ2v) is 5.67. The number of benzene rings is 1. The van der Waals surface area contributed by atoms with Crippen molar-refractivity contribution in [3.8, 4) is 0 Å². The Morgan fingerprint density at radius 3 is 2.70 bits per heavy atom. The third kappa shape index (κ3) is 3.87. The van der Waals surface area contributed by atoms with Gasteiger partial charge in [-0.2, -0.15) is 0 Å². The van der Waals surface area contributed by atoms with Gasteiger partial charge in [0.2, 0.25) is 0 Å². The summed E-state index contributed by atoms with van der Waals surface area (Å²) in [7, 11) is 0. The second-order valence-electron chi connectivity index (χ2n) is 5.26. The Labute approximate surface area is 124 Å². The van der Waals surface area contributed by atoms with Crippen LogP contribution in [0.4, 0.5) is 5.69 Å². The summed E-state index contributed by atoms with van der Waals surface area (Å²) in [4.78, 5) is 13.4. The number of hydrogen-bond donors (Lipinski definition) is 2. The quantitative estimate of drug-likeness (QED) is 0.876. The first-order valence-corrected chi connectivity index (χ1v) is 7.47. The number of rotatable bonds is 5. The smallest absolute Gasteiger partial charge is 0.337 e. The fourth-order valence-corrected chi connectivity index (χ4v) is 2.83. The number of nitrogens with zero attached hydrogens (tertiary/aromatic N) is 1. The highest BCUT2D eigenvalue weighted by Crippen LogP contribution is 2.22. The van der Waals surface area contributed by atoms with E-state index in [0.29, 0.717) is 5.92 Å². The van der Waals surface area contributed by atoms with Crippen LogP contribution in [-0.4, -0.2) is 42.2 Å². The van der Waals surface area contributed by atoms with Crippen LogP contribution in [0.25, 0.3) is 0 Å². The number of carbonyl (C=O) groups is 1. The van der Waals surface area contributed by atoms with Gasteiger partial charge in [-0.05, 0) is 56.6 Å². The predicted molar refractivity (Wildman–Crippen MR) is 81.7 cm³/mol. The van der Waals surface area contributed by atoms with Gasteiger partial charge in [-0.1, -0.05) is 18.5 Å². The molecular formula is C15H21ClN2O2. The zero-order chi connectivity index (χ0) is 14.5. The monoisotopic (exact) mass is 296 g/mol. The average molecular weight is 297 g/mol. The minimum Gasteiger partial charge on any atom is -0.478 e. The highest BCUT2D eigenvalue weighted by atomic mass is 35.5. The van der Waals surface area contributed by atoms with Gasteiger partial charge in [0.05, 0.1) is 10.6 Å². The van der Waals surface area contributed by atoms with Crippen LogP contribution < -0.4 is 5.32 Å². The molecular weight excluding hydrogens is 276 g/mol. The van der Waals surface area contributed by atoms with Crippen LogP contribution in [0.2, 0.25) is 5.02 Å². The Hall–Kier alpha value is -1.26. The molecule has 1 fully saturated rings. The summed E-state index contributed by atoms with van der Waals surface area (Å²) in [5, 5.41) is 12.6. The van der Waals surface area contributed by atoms with E-state index in [4.69, 9.17) is 16.7 Å². The van der Waals surface area contributed by atoms with Crippen molar-refractivity contribution in [1.82, 2.24) is 4.90 Å². The molecule has 0 aliphatic carbocycles. The van der Waals surface area contributed by atoms with Gasteiger partial charge in [0, 0.05) is 12.2 Å². The lowest BCUT2D eigenvalue weighted by Crippen LogP contribution is -2.35. The highest BCUT2D eigenvalue weighted by Gasteiger charge is 2.17. The van der Waals surface area contributed by atoms with Crippen LogP contribution in [-0.2, 0) is 0 Å². The largest absolute Gasteiger partial charge is 0.478 e. The molecule has 0 spiro atoms. The number of carboxylic acid groups (broad SMARTS) is 1. The van der Waals surface area contributed by atoms with Crippen molar-refractivity contribution < 1.29 is 9.90 Å². The van der Waals surface area contributed by atoms with E-state index in [1.807, 2.05) is 0 Å². The first kappa shape index (κ1) is 15.1. The van der Waals surface area contributed by atoms with Crippen molar-refractivity contribution in [1.29, 1.82) is 0 Å². The van der Waals surface area contributed by atoms with E-state index in [2.05, 4.69) is 17.1 Å². The molecule has 1 aromatic carbocycles. The third-order valence-corrected chi connectivity index (χ3v) is 4.26. The second kappa shape index (κ2) is 6.95. The molecule has 0 unspecified atom stereocenters. The average Bonchev–Trinajstić information content (AvgIpc) is 2.45. The molecule has 0 amide bonds. The van der Waals surface area contributed by atoms with Crippen LogP contribution in [0.5, 0.6) is 0 Å². The molecule has 1 aliphatic heterocycles. The van der Waals surface area contributed by atoms with Crippen molar-refractivity contribution in [3.05, 3.63) is 28.8 Å². The van der Waals surface area contributed by atoms with E-state index in [9.17, 15) is 4.79 Å².